The average molecular weight is 355 g/mol. The van der Waals surface area contributed by atoms with E-state index in [0.29, 0.717) is 23.5 Å². The van der Waals surface area contributed by atoms with Gasteiger partial charge in [-0.2, -0.15) is 4.98 Å². The first kappa shape index (κ1) is 16.8. The molecule has 0 saturated carbocycles. The van der Waals surface area contributed by atoms with Crippen LogP contribution in [0.15, 0.2) is 49.2 Å². The van der Waals surface area contributed by atoms with Gasteiger partial charge in [-0.3, -0.25) is 4.98 Å². The van der Waals surface area contributed by atoms with Crippen LogP contribution >= 0.6 is 12.2 Å². The Hall–Kier alpha value is -3.07. The predicted octanol–water partition coefficient (Wildman–Crippen LogP) is 2.66. The average Bonchev–Trinajstić information content (AvgIpc) is 3.10. The molecule has 0 aliphatic carbocycles. The zero-order chi connectivity index (χ0) is 17.5. The van der Waals surface area contributed by atoms with Crippen LogP contribution in [0.3, 0.4) is 0 Å². The third-order valence-corrected chi connectivity index (χ3v) is 3.30. The lowest BCUT2D eigenvalue weighted by Gasteiger charge is -2.10. The molecule has 0 aliphatic heterocycles. The van der Waals surface area contributed by atoms with E-state index in [2.05, 4.69) is 30.7 Å². The van der Waals surface area contributed by atoms with Crippen molar-refractivity contribution in [3.05, 3.63) is 49.2 Å². The van der Waals surface area contributed by atoms with Gasteiger partial charge >= 0.3 is 6.01 Å². The van der Waals surface area contributed by atoms with Crippen molar-refractivity contribution >= 4 is 28.8 Å². The van der Waals surface area contributed by atoms with Crippen molar-refractivity contribution in [2.75, 3.05) is 17.2 Å². The van der Waals surface area contributed by atoms with E-state index >= 15 is 0 Å². The molecule has 2 aromatic heterocycles. The maximum absolute atomic E-state index is 5.40. The van der Waals surface area contributed by atoms with E-state index in [1.54, 1.807) is 29.6 Å². The summed E-state index contributed by atoms with van der Waals surface area (Å²) in [5.41, 5.74) is 1.71. The minimum atomic E-state index is 0.374. The first-order chi connectivity index (χ1) is 12.2. The fraction of sp³-hybridized carbons (Fsp3) is 0.188. The molecule has 0 amide bonds. The van der Waals surface area contributed by atoms with E-state index < -0.39 is 0 Å². The molecule has 1 aromatic carbocycles. The first-order valence-electron chi connectivity index (χ1n) is 7.73. The molecule has 128 valence electrons. The topological polar surface area (TPSA) is 89.8 Å². The monoisotopic (exact) mass is 355 g/mol. The number of benzene rings is 1. The number of thiocarbonyl (C=S) groups is 1. The Balaban J connectivity index is 1.60. The predicted molar refractivity (Wildman–Crippen MR) is 99.0 cm³/mol. The van der Waals surface area contributed by atoms with Crippen LogP contribution in [0.4, 0.5) is 11.5 Å². The molecule has 0 saturated heterocycles. The van der Waals surface area contributed by atoms with Gasteiger partial charge < -0.3 is 15.4 Å². The van der Waals surface area contributed by atoms with E-state index in [1.807, 2.05) is 31.2 Å². The number of hydrogen-bond acceptors (Lipinski definition) is 6. The fourth-order valence-electron chi connectivity index (χ4n) is 1.97. The first-order valence-corrected chi connectivity index (χ1v) is 8.14. The minimum absolute atomic E-state index is 0.374. The van der Waals surface area contributed by atoms with Crippen molar-refractivity contribution in [2.45, 2.75) is 13.3 Å². The second-order valence-corrected chi connectivity index (χ2v) is 5.45. The highest BCUT2D eigenvalue weighted by Gasteiger charge is 2.04. The highest BCUT2D eigenvalue weighted by molar-refractivity contribution is 7.80. The highest BCUT2D eigenvalue weighted by Crippen LogP contribution is 2.14. The van der Waals surface area contributed by atoms with Gasteiger partial charge in [0.1, 0.15) is 6.33 Å². The number of rotatable bonds is 6. The number of anilines is 2. The zero-order valence-electron chi connectivity index (χ0n) is 13.6. The maximum atomic E-state index is 5.40. The molecule has 0 atom stereocenters. The van der Waals surface area contributed by atoms with Gasteiger partial charge in [0.2, 0.25) is 0 Å². The van der Waals surface area contributed by atoms with Gasteiger partial charge in [-0.1, -0.05) is 6.92 Å². The largest absolute Gasteiger partial charge is 0.462 e. The molecule has 0 bridgehead atoms. The second-order valence-electron chi connectivity index (χ2n) is 5.04. The fourth-order valence-corrected chi connectivity index (χ4v) is 2.19. The van der Waals surface area contributed by atoms with E-state index in [-0.39, 0.29) is 0 Å². The van der Waals surface area contributed by atoms with Crippen LogP contribution in [0.5, 0.6) is 6.01 Å². The molecule has 9 heteroatoms. The van der Waals surface area contributed by atoms with E-state index in [1.165, 1.54) is 0 Å². The van der Waals surface area contributed by atoms with Crippen LogP contribution in [0, 0.1) is 0 Å². The van der Waals surface area contributed by atoms with E-state index in [9.17, 15) is 0 Å². The van der Waals surface area contributed by atoms with Gasteiger partial charge in [0.05, 0.1) is 18.5 Å². The summed E-state index contributed by atoms with van der Waals surface area (Å²) in [5.74, 6) is 0.582. The molecule has 0 aliphatic rings. The molecule has 3 aromatic rings. The van der Waals surface area contributed by atoms with Gasteiger partial charge in [0.15, 0.2) is 10.9 Å². The number of aromatic nitrogens is 5. The summed E-state index contributed by atoms with van der Waals surface area (Å²) in [6.45, 7) is 2.63. The van der Waals surface area contributed by atoms with Gasteiger partial charge in [0.25, 0.3) is 0 Å². The SMILES string of the molecule is CCCOc1ncn(-c2ccc(NC(=S)Nc3cnccn3)cc2)n1. The van der Waals surface area contributed by atoms with Crippen LogP contribution in [0.25, 0.3) is 5.69 Å². The van der Waals surface area contributed by atoms with Crippen LogP contribution < -0.4 is 15.4 Å². The summed E-state index contributed by atoms with van der Waals surface area (Å²) < 4.78 is 7.06. The Kier molecular flexibility index (Phi) is 5.47. The van der Waals surface area contributed by atoms with Crippen LogP contribution in [-0.4, -0.2) is 36.5 Å². The maximum Gasteiger partial charge on any atom is 0.335 e. The Morgan fingerprint density at radius 3 is 2.72 bits per heavy atom. The second kappa shape index (κ2) is 8.15. The van der Waals surface area contributed by atoms with Gasteiger partial charge in [-0.05, 0) is 42.9 Å². The van der Waals surface area contributed by atoms with Crippen molar-refractivity contribution in [1.29, 1.82) is 0 Å². The summed E-state index contributed by atoms with van der Waals surface area (Å²) in [6.07, 6.45) is 7.32. The zero-order valence-corrected chi connectivity index (χ0v) is 14.4. The normalized spacial score (nSPS) is 10.3. The molecule has 0 spiro atoms. The minimum Gasteiger partial charge on any atom is -0.462 e. The van der Waals surface area contributed by atoms with Gasteiger partial charge in [-0.25, -0.2) is 9.67 Å². The molecule has 0 radical (unpaired) electrons. The summed E-state index contributed by atoms with van der Waals surface area (Å²) >= 11 is 5.25. The van der Waals surface area contributed by atoms with Crippen molar-refractivity contribution in [3.8, 4) is 11.7 Å². The van der Waals surface area contributed by atoms with Crippen molar-refractivity contribution in [2.24, 2.45) is 0 Å². The smallest absolute Gasteiger partial charge is 0.335 e. The molecule has 0 unspecified atom stereocenters. The Morgan fingerprint density at radius 1 is 1.16 bits per heavy atom. The van der Waals surface area contributed by atoms with Crippen molar-refractivity contribution in [3.63, 3.8) is 0 Å². The van der Waals surface area contributed by atoms with Crippen molar-refractivity contribution in [1.82, 2.24) is 24.7 Å². The Labute approximate surface area is 150 Å². The number of hydrogen-bond donors (Lipinski definition) is 2. The number of nitrogens with zero attached hydrogens (tertiary/aromatic N) is 5. The Morgan fingerprint density at radius 2 is 2.00 bits per heavy atom. The molecule has 25 heavy (non-hydrogen) atoms. The molecule has 8 nitrogen and oxygen atoms in total. The van der Waals surface area contributed by atoms with Crippen LogP contribution in [0.1, 0.15) is 13.3 Å². The number of ether oxygens (including phenoxy) is 1. The third-order valence-electron chi connectivity index (χ3n) is 3.10. The summed E-state index contributed by atoms with van der Waals surface area (Å²) in [6, 6.07) is 7.98. The van der Waals surface area contributed by atoms with Gasteiger partial charge in [-0.15, -0.1) is 5.10 Å². The lowest BCUT2D eigenvalue weighted by atomic mass is 10.3. The summed E-state index contributed by atoms with van der Waals surface area (Å²) in [7, 11) is 0. The standard InChI is InChI=1S/C16H17N7OS/c1-2-9-24-15-19-11-23(22-15)13-5-3-12(4-6-13)20-16(25)21-14-10-17-7-8-18-14/h3-8,10-11H,2,9H2,1H3,(H2,18,20,21,25). The van der Waals surface area contributed by atoms with Crippen molar-refractivity contribution < 1.29 is 4.74 Å². The Bertz CT molecular complexity index is 820. The lowest BCUT2D eigenvalue weighted by Crippen LogP contribution is -2.19. The van der Waals surface area contributed by atoms with Crippen LogP contribution in [0.2, 0.25) is 0 Å². The quantitative estimate of drug-likeness (QED) is 0.652. The number of nitrogens with one attached hydrogen (secondary N) is 2. The molecule has 0 fully saturated rings. The molecule has 3 rings (SSSR count). The molecular formula is C16H17N7OS. The lowest BCUT2D eigenvalue weighted by molar-refractivity contribution is 0.292. The van der Waals surface area contributed by atoms with Gasteiger partial charge in [0, 0.05) is 18.1 Å². The molecule has 2 heterocycles. The highest BCUT2D eigenvalue weighted by atomic mass is 32.1. The summed E-state index contributed by atoms with van der Waals surface area (Å²) in [4.78, 5) is 12.2. The van der Waals surface area contributed by atoms with E-state index in [4.69, 9.17) is 17.0 Å². The van der Waals surface area contributed by atoms with Crippen LogP contribution in [-0.2, 0) is 0 Å². The summed E-state index contributed by atoms with van der Waals surface area (Å²) in [5, 5.41) is 10.8. The third kappa shape index (κ3) is 4.70. The molecular weight excluding hydrogens is 338 g/mol. The molecule has 2 N–H and O–H groups in total. The van der Waals surface area contributed by atoms with E-state index in [0.717, 1.165) is 17.8 Å².